The molecule has 2 aromatic carbocycles. The molecule has 2 nitrogen and oxygen atoms in total. The number of nitrogens with one attached hydrogen (secondary N) is 1. The third-order valence-electron chi connectivity index (χ3n) is 4.27. The molecule has 1 aliphatic rings. The second kappa shape index (κ2) is 5.52. The Kier molecular flexibility index (Phi) is 3.69. The van der Waals surface area contributed by atoms with Crippen molar-refractivity contribution in [3.63, 3.8) is 0 Å². The van der Waals surface area contributed by atoms with Crippen LogP contribution in [0.4, 0.5) is 8.78 Å². The van der Waals surface area contributed by atoms with Gasteiger partial charge < -0.3 is 5.32 Å². The van der Waals surface area contributed by atoms with Gasteiger partial charge in [0.1, 0.15) is 11.6 Å². The summed E-state index contributed by atoms with van der Waals surface area (Å²) in [5.74, 6) is -0.665. The van der Waals surface area contributed by atoms with Crippen LogP contribution in [0.1, 0.15) is 29.5 Å². The summed E-state index contributed by atoms with van der Waals surface area (Å²) in [4.78, 5) is 12.4. The molecule has 0 radical (unpaired) electrons. The number of hydrogen-bond acceptors (Lipinski definition) is 1. The lowest BCUT2D eigenvalue weighted by atomic mass is 9.95. The first-order valence-electron chi connectivity index (χ1n) is 7.31. The Morgan fingerprint density at radius 3 is 2.41 bits per heavy atom. The van der Waals surface area contributed by atoms with Crippen LogP contribution in [0.25, 0.3) is 0 Å². The zero-order valence-electron chi connectivity index (χ0n) is 12.3. The molecule has 1 N–H and O–H groups in total. The topological polar surface area (TPSA) is 29.1 Å². The Hall–Kier alpha value is -2.23. The van der Waals surface area contributed by atoms with Crippen molar-refractivity contribution >= 4 is 5.91 Å². The van der Waals surface area contributed by atoms with Crippen molar-refractivity contribution < 1.29 is 13.6 Å². The second-order valence-electron chi connectivity index (χ2n) is 5.86. The van der Waals surface area contributed by atoms with E-state index in [1.54, 1.807) is 31.2 Å². The third-order valence-corrected chi connectivity index (χ3v) is 4.27. The first kappa shape index (κ1) is 14.7. The van der Waals surface area contributed by atoms with Crippen LogP contribution in [0.5, 0.6) is 0 Å². The van der Waals surface area contributed by atoms with Gasteiger partial charge in [-0.15, -0.1) is 0 Å². The molecule has 3 rings (SSSR count). The number of amides is 1. The van der Waals surface area contributed by atoms with Gasteiger partial charge in [-0.25, -0.2) is 8.78 Å². The van der Waals surface area contributed by atoms with Gasteiger partial charge >= 0.3 is 0 Å². The Morgan fingerprint density at radius 1 is 1.14 bits per heavy atom. The largest absolute Gasteiger partial charge is 0.351 e. The van der Waals surface area contributed by atoms with E-state index >= 15 is 0 Å². The molecule has 22 heavy (non-hydrogen) atoms. The highest BCUT2D eigenvalue weighted by Crippen LogP contribution is 2.48. The molecule has 0 unspecified atom stereocenters. The summed E-state index contributed by atoms with van der Waals surface area (Å²) in [5, 5.41) is 2.86. The average Bonchev–Trinajstić information content (AvgIpc) is 3.30. The van der Waals surface area contributed by atoms with Gasteiger partial charge in [-0.05, 0) is 54.7 Å². The predicted octanol–water partition coefficient (Wildman–Crippen LogP) is 3.62. The molecule has 0 saturated heterocycles. The van der Waals surface area contributed by atoms with Gasteiger partial charge in [0.2, 0.25) is 5.91 Å². The van der Waals surface area contributed by atoms with E-state index in [9.17, 15) is 13.6 Å². The number of hydrogen-bond donors (Lipinski definition) is 1. The van der Waals surface area contributed by atoms with Gasteiger partial charge in [0.25, 0.3) is 0 Å². The molecular formula is C18H17F2NO. The summed E-state index contributed by atoms with van der Waals surface area (Å²) >= 11 is 0. The van der Waals surface area contributed by atoms with Crippen LogP contribution in [0.2, 0.25) is 0 Å². The van der Waals surface area contributed by atoms with Crippen LogP contribution in [0.3, 0.4) is 0 Å². The number of rotatable bonds is 4. The Bertz CT molecular complexity index is 706. The monoisotopic (exact) mass is 301 g/mol. The number of carbonyl (C=O) groups is 1. The lowest BCUT2D eigenvalue weighted by molar-refractivity contribution is -0.123. The molecule has 0 spiro atoms. The van der Waals surface area contributed by atoms with Crippen molar-refractivity contribution in [2.24, 2.45) is 0 Å². The Labute approximate surface area is 128 Å². The molecule has 0 aromatic heterocycles. The van der Waals surface area contributed by atoms with E-state index in [1.165, 1.54) is 18.2 Å². The predicted molar refractivity (Wildman–Crippen MR) is 80.3 cm³/mol. The highest BCUT2D eigenvalue weighted by atomic mass is 19.1. The number of carbonyl (C=O) groups excluding carboxylic acids is 1. The molecule has 1 aliphatic carbocycles. The van der Waals surface area contributed by atoms with Crippen molar-refractivity contribution in [3.8, 4) is 0 Å². The van der Waals surface area contributed by atoms with Crippen molar-refractivity contribution in [2.75, 3.05) is 0 Å². The van der Waals surface area contributed by atoms with E-state index in [4.69, 9.17) is 0 Å². The Balaban J connectivity index is 1.69. The number of halogens is 2. The van der Waals surface area contributed by atoms with Gasteiger partial charge in [0.05, 0.1) is 5.41 Å². The number of aryl methyl sites for hydroxylation is 1. The normalized spacial score (nSPS) is 15.4. The van der Waals surface area contributed by atoms with E-state index < -0.39 is 5.41 Å². The van der Waals surface area contributed by atoms with Gasteiger partial charge in [-0.1, -0.05) is 24.3 Å². The van der Waals surface area contributed by atoms with Crippen LogP contribution < -0.4 is 5.32 Å². The second-order valence-corrected chi connectivity index (χ2v) is 5.86. The minimum Gasteiger partial charge on any atom is -0.351 e. The lowest BCUT2D eigenvalue weighted by Crippen LogP contribution is -2.34. The summed E-state index contributed by atoms with van der Waals surface area (Å²) in [6, 6.07) is 11.0. The lowest BCUT2D eigenvalue weighted by Gasteiger charge is -2.16. The zero-order chi connectivity index (χ0) is 15.7. The van der Waals surface area contributed by atoms with Crippen LogP contribution >= 0.6 is 0 Å². The summed E-state index contributed by atoms with van der Waals surface area (Å²) in [6.45, 7) is 1.99. The quantitative estimate of drug-likeness (QED) is 0.918. The van der Waals surface area contributed by atoms with E-state index in [2.05, 4.69) is 5.32 Å². The third kappa shape index (κ3) is 2.73. The smallest absolute Gasteiger partial charge is 0.230 e. The van der Waals surface area contributed by atoms with Crippen molar-refractivity contribution in [1.82, 2.24) is 5.32 Å². The molecule has 0 bridgehead atoms. The van der Waals surface area contributed by atoms with Crippen molar-refractivity contribution in [3.05, 3.63) is 70.8 Å². The van der Waals surface area contributed by atoms with E-state index in [0.717, 1.165) is 24.0 Å². The van der Waals surface area contributed by atoms with Crippen LogP contribution in [-0.4, -0.2) is 5.91 Å². The fourth-order valence-electron chi connectivity index (χ4n) is 2.64. The molecular weight excluding hydrogens is 284 g/mol. The maximum Gasteiger partial charge on any atom is 0.230 e. The average molecular weight is 301 g/mol. The van der Waals surface area contributed by atoms with Crippen LogP contribution in [0.15, 0.2) is 42.5 Å². The van der Waals surface area contributed by atoms with Crippen LogP contribution in [0, 0.1) is 18.6 Å². The maximum atomic E-state index is 13.5. The minimum atomic E-state index is -0.545. The first-order chi connectivity index (χ1) is 10.5. The molecule has 1 fully saturated rings. The van der Waals surface area contributed by atoms with Gasteiger partial charge in [-0.2, -0.15) is 0 Å². The SMILES string of the molecule is Cc1ccc(CNC(=O)C2(c3ccc(F)cc3)CC2)cc1F. The zero-order valence-corrected chi connectivity index (χ0v) is 12.3. The summed E-state index contributed by atoms with van der Waals surface area (Å²) in [6.07, 6.45) is 1.51. The Morgan fingerprint density at radius 2 is 1.82 bits per heavy atom. The standard InChI is InChI=1S/C18H17F2NO/c1-12-2-3-13(10-16(12)20)11-21-17(22)18(8-9-18)14-4-6-15(19)7-5-14/h2-7,10H,8-9,11H2,1H3,(H,21,22). The fourth-order valence-corrected chi connectivity index (χ4v) is 2.64. The van der Waals surface area contributed by atoms with E-state index in [0.29, 0.717) is 12.1 Å². The van der Waals surface area contributed by atoms with Gasteiger partial charge in [0.15, 0.2) is 0 Å². The molecule has 0 aliphatic heterocycles. The molecule has 0 heterocycles. The molecule has 1 amide bonds. The van der Waals surface area contributed by atoms with Crippen molar-refractivity contribution in [2.45, 2.75) is 31.7 Å². The molecule has 0 atom stereocenters. The minimum absolute atomic E-state index is 0.0832. The van der Waals surface area contributed by atoms with Crippen LogP contribution in [-0.2, 0) is 16.8 Å². The summed E-state index contributed by atoms with van der Waals surface area (Å²) in [5.41, 5.74) is 1.60. The maximum absolute atomic E-state index is 13.5. The molecule has 2 aromatic rings. The van der Waals surface area contributed by atoms with Crippen molar-refractivity contribution in [1.29, 1.82) is 0 Å². The number of benzene rings is 2. The first-order valence-corrected chi connectivity index (χ1v) is 7.31. The summed E-state index contributed by atoms with van der Waals surface area (Å²) < 4.78 is 26.5. The summed E-state index contributed by atoms with van der Waals surface area (Å²) in [7, 11) is 0. The molecule has 114 valence electrons. The van der Waals surface area contributed by atoms with Gasteiger partial charge in [-0.3, -0.25) is 4.79 Å². The van der Waals surface area contributed by atoms with Gasteiger partial charge in [0, 0.05) is 6.54 Å². The fraction of sp³-hybridized carbons (Fsp3) is 0.278. The van der Waals surface area contributed by atoms with E-state index in [1.807, 2.05) is 0 Å². The molecule has 1 saturated carbocycles. The molecule has 4 heteroatoms. The highest BCUT2D eigenvalue weighted by Gasteiger charge is 2.51. The highest BCUT2D eigenvalue weighted by molar-refractivity contribution is 5.91. The van der Waals surface area contributed by atoms with E-state index in [-0.39, 0.29) is 17.5 Å².